The van der Waals surface area contributed by atoms with Gasteiger partial charge in [0.15, 0.2) is 5.16 Å². The maximum absolute atomic E-state index is 12.9. The maximum atomic E-state index is 12.9. The van der Waals surface area contributed by atoms with E-state index < -0.39 is 11.9 Å². The molecule has 166 valence electrons. The molecule has 2 N–H and O–H groups in total. The van der Waals surface area contributed by atoms with Gasteiger partial charge in [0.25, 0.3) is 5.56 Å². The second-order valence-corrected chi connectivity index (χ2v) is 8.99. The number of rotatable bonds is 8. The monoisotopic (exact) mass is 470 g/mol. The van der Waals surface area contributed by atoms with Crippen molar-refractivity contribution in [3.05, 3.63) is 57.0 Å². The van der Waals surface area contributed by atoms with Gasteiger partial charge in [-0.2, -0.15) is 0 Å². The minimum absolute atomic E-state index is 0.0135. The smallest absolute Gasteiger partial charge is 0.321 e. The number of amides is 3. The van der Waals surface area contributed by atoms with E-state index in [2.05, 4.69) is 20.8 Å². The lowest BCUT2D eigenvalue weighted by atomic mass is 10.2. The summed E-state index contributed by atoms with van der Waals surface area (Å²) in [5, 5.41) is 16.4. The van der Waals surface area contributed by atoms with Crippen molar-refractivity contribution in [2.24, 2.45) is 0 Å². The first-order chi connectivity index (χ1) is 15.6. The maximum Gasteiger partial charge on any atom is 0.321 e. The third kappa shape index (κ3) is 4.68. The molecule has 4 rings (SSSR count). The van der Waals surface area contributed by atoms with Crippen molar-refractivity contribution in [1.82, 2.24) is 29.8 Å². The van der Waals surface area contributed by atoms with Gasteiger partial charge in [-0.1, -0.05) is 36.9 Å². The lowest BCUT2D eigenvalue weighted by Gasteiger charge is -2.10. The highest BCUT2D eigenvalue weighted by Gasteiger charge is 2.17. The highest BCUT2D eigenvalue weighted by molar-refractivity contribution is 7.99. The van der Waals surface area contributed by atoms with Gasteiger partial charge in [-0.3, -0.25) is 23.9 Å². The number of carbonyl (C=O) groups excluding carboxylic acids is 2. The largest absolute Gasteiger partial charge is 0.337 e. The lowest BCUT2D eigenvalue weighted by molar-refractivity contribution is -0.117. The molecular formula is C21H22N6O3S2. The molecule has 0 aliphatic rings. The molecule has 0 radical (unpaired) electrons. The van der Waals surface area contributed by atoms with Crippen molar-refractivity contribution >= 4 is 51.7 Å². The highest BCUT2D eigenvalue weighted by Crippen LogP contribution is 2.21. The number of urea groups is 1. The van der Waals surface area contributed by atoms with Gasteiger partial charge in [0.05, 0.1) is 16.7 Å². The molecule has 32 heavy (non-hydrogen) atoms. The number of imide groups is 1. The summed E-state index contributed by atoms with van der Waals surface area (Å²) >= 11 is 2.78. The van der Waals surface area contributed by atoms with E-state index in [0.29, 0.717) is 41.3 Å². The van der Waals surface area contributed by atoms with E-state index in [1.165, 1.54) is 4.88 Å². The Morgan fingerprint density at radius 1 is 1.16 bits per heavy atom. The van der Waals surface area contributed by atoms with Crippen LogP contribution in [0.3, 0.4) is 0 Å². The van der Waals surface area contributed by atoms with Crippen LogP contribution in [0.2, 0.25) is 0 Å². The molecule has 11 heteroatoms. The zero-order valence-electron chi connectivity index (χ0n) is 17.4. The van der Waals surface area contributed by atoms with Crippen molar-refractivity contribution in [3.8, 4) is 0 Å². The molecule has 0 saturated heterocycles. The topological polar surface area (TPSA) is 110 Å². The number of aromatic nitrogens is 4. The predicted octanol–water partition coefficient (Wildman–Crippen LogP) is 2.68. The average Bonchev–Trinajstić information content (AvgIpc) is 3.45. The summed E-state index contributed by atoms with van der Waals surface area (Å²) in [6, 6.07) is 10.7. The van der Waals surface area contributed by atoms with Gasteiger partial charge in [-0.25, -0.2) is 4.79 Å². The normalized spacial score (nSPS) is 11.2. The van der Waals surface area contributed by atoms with E-state index >= 15 is 0 Å². The highest BCUT2D eigenvalue weighted by atomic mass is 32.2. The Morgan fingerprint density at radius 3 is 2.78 bits per heavy atom. The van der Waals surface area contributed by atoms with Crippen LogP contribution in [0.4, 0.5) is 4.79 Å². The van der Waals surface area contributed by atoms with Crippen LogP contribution >= 0.6 is 23.1 Å². The third-order valence-corrected chi connectivity index (χ3v) is 6.61. The molecule has 3 heterocycles. The number of aryl methyl sites for hydroxylation is 1. The molecule has 0 atom stereocenters. The van der Waals surface area contributed by atoms with E-state index in [1.807, 2.05) is 42.6 Å². The van der Waals surface area contributed by atoms with Crippen LogP contribution in [0.1, 0.15) is 18.2 Å². The number of fused-ring (bicyclic) bond motifs is 3. The molecule has 0 bridgehead atoms. The quantitative estimate of drug-likeness (QED) is 0.383. The molecule has 0 saturated carbocycles. The molecule has 3 aromatic heterocycles. The molecule has 0 fully saturated rings. The van der Waals surface area contributed by atoms with Crippen molar-refractivity contribution in [2.75, 3.05) is 12.3 Å². The van der Waals surface area contributed by atoms with Crippen molar-refractivity contribution < 1.29 is 9.59 Å². The third-order valence-electron chi connectivity index (χ3n) is 4.75. The SMILES string of the molecule is CCCn1c(=O)c2ccccc2n2c(SCC(=O)NC(=O)NCCc3cccs3)nnc12. The number of nitrogens with one attached hydrogen (secondary N) is 2. The van der Waals surface area contributed by atoms with Crippen molar-refractivity contribution in [3.63, 3.8) is 0 Å². The van der Waals surface area contributed by atoms with Crippen LogP contribution in [0, 0.1) is 0 Å². The molecule has 0 aliphatic heterocycles. The molecule has 9 nitrogen and oxygen atoms in total. The van der Waals surface area contributed by atoms with Gasteiger partial charge < -0.3 is 5.32 Å². The molecular weight excluding hydrogens is 448 g/mol. The molecule has 1 aromatic carbocycles. The number of carbonyl (C=O) groups is 2. The Hall–Kier alpha value is -3.18. The summed E-state index contributed by atoms with van der Waals surface area (Å²) in [6.45, 7) is 2.95. The molecule has 0 spiro atoms. The average molecular weight is 471 g/mol. The second kappa shape index (κ2) is 9.96. The Balaban J connectivity index is 1.44. The van der Waals surface area contributed by atoms with E-state index in [0.717, 1.165) is 18.2 Å². The van der Waals surface area contributed by atoms with Crippen LogP contribution in [-0.4, -0.2) is 43.4 Å². The van der Waals surface area contributed by atoms with Crippen LogP contribution in [-0.2, 0) is 17.8 Å². The summed E-state index contributed by atoms with van der Waals surface area (Å²) in [6.07, 6.45) is 1.49. The van der Waals surface area contributed by atoms with E-state index in [4.69, 9.17) is 0 Å². The van der Waals surface area contributed by atoms with Crippen LogP contribution < -0.4 is 16.2 Å². The molecule has 4 aromatic rings. The summed E-state index contributed by atoms with van der Waals surface area (Å²) < 4.78 is 3.38. The van der Waals surface area contributed by atoms with Gasteiger partial charge in [-0.15, -0.1) is 21.5 Å². The Labute approximate surface area is 191 Å². The summed E-state index contributed by atoms with van der Waals surface area (Å²) in [5.74, 6) is -0.0169. The van der Waals surface area contributed by atoms with Gasteiger partial charge >= 0.3 is 6.03 Å². The van der Waals surface area contributed by atoms with Crippen LogP contribution in [0.15, 0.2) is 51.7 Å². The first-order valence-corrected chi connectivity index (χ1v) is 12.0. The number of para-hydroxylation sites is 1. The zero-order chi connectivity index (χ0) is 22.5. The number of hydrogen-bond acceptors (Lipinski definition) is 7. The van der Waals surface area contributed by atoms with Crippen molar-refractivity contribution in [2.45, 2.75) is 31.5 Å². The minimum Gasteiger partial charge on any atom is -0.337 e. The summed E-state index contributed by atoms with van der Waals surface area (Å²) in [4.78, 5) is 38.2. The fraction of sp³-hybridized carbons (Fsp3) is 0.286. The zero-order valence-corrected chi connectivity index (χ0v) is 19.0. The first-order valence-electron chi connectivity index (χ1n) is 10.2. The Morgan fingerprint density at radius 2 is 2.00 bits per heavy atom. The molecule has 3 amide bonds. The fourth-order valence-corrected chi connectivity index (χ4v) is 4.79. The van der Waals surface area contributed by atoms with Crippen LogP contribution in [0.25, 0.3) is 16.7 Å². The van der Waals surface area contributed by atoms with E-state index in [9.17, 15) is 14.4 Å². The van der Waals surface area contributed by atoms with Gasteiger partial charge in [0, 0.05) is 18.0 Å². The minimum atomic E-state index is -0.527. The lowest BCUT2D eigenvalue weighted by Crippen LogP contribution is -2.41. The number of thioether (sulfide) groups is 1. The summed E-state index contributed by atoms with van der Waals surface area (Å²) in [7, 11) is 0. The van der Waals surface area contributed by atoms with Gasteiger partial charge in [0.1, 0.15) is 0 Å². The Kier molecular flexibility index (Phi) is 6.86. The predicted molar refractivity (Wildman–Crippen MR) is 125 cm³/mol. The number of thiophene rings is 1. The Bertz CT molecular complexity index is 1310. The van der Waals surface area contributed by atoms with E-state index in [1.54, 1.807) is 26.4 Å². The number of nitrogens with zero attached hydrogens (tertiary/aromatic N) is 4. The van der Waals surface area contributed by atoms with Crippen LogP contribution in [0.5, 0.6) is 0 Å². The van der Waals surface area contributed by atoms with Gasteiger partial charge in [0.2, 0.25) is 11.7 Å². The first kappa shape index (κ1) is 22.0. The standard InChI is InChI=1S/C21H22N6O3S2/c1-2-11-26-18(29)15-7-3-4-8-16(15)27-20(26)24-25-21(27)32-13-17(28)23-19(30)22-10-9-14-6-5-12-31-14/h3-8,12H,2,9-11,13H2,1H3,(H2,22,23,28,30). The van der Waals surface area contributed by atoms with Crippen molar-refractivity contribution in [1.29, 1.82) is 0 Å². The molecule has 0 aliphatic carbocycles. The second-order valence-electron chi connectivity index (χ2n) is 7.01. The number of benzene rings is 1. The van der Waals surface area contributed by atoms with Gasteiger partial charge in [-0.05, 0) is 36.4 Å². The fourth-order valence-electron chi connectivity index (χ4n) is 3.34. The molecule has 0 unspecified atom stereocenters. The summed E-state index contributed by atoms with van der Waals surface area (Å²) in [5.41, 5.74) is 0.565. The van der Waals surface area contributed by atoms with E-state index in [-0.39, 0.29) is 11.3 Å². The number of hydrogen-bond donors (Lipinski definition) is 2.